The summed E-state index contributed by atoms with van der Waals surface area (Å²) in [4.78, 5) is 31.7. The molecule has 0 aliphatic rings. The van der Waals surface area contributed by atoms with Crippen molar-refractivity contribution in [3.05, 3.63) is 367 Å². The molecule has 132 heavy (non-hydrogen) atoms. The number of hydrogen-bond donors (Lipinski definition) is 0. The smallest absolute Gasteiger partial charge is 0.247 e. The van der Waals surface area contributed by atoms with Gasteiger partial charge < -0.3 is 8.98 Å². The molecule has 31 aromatic rings. The summed E-state index contributed by atoms with van der Waals surface area (Å²) in [5.41, 5.74) is 13.1. The van der Waals surface area contributed by atoms with Gasteiger partial charge in [0, 0.05) is 116 Å². The summed E-state index contributed by atoms with van der Waals surface area (Å²) >= 11 is 29.8. The Labute approximate surface area is 782 Å². The van der Waals surface area contributed by atoms with E-state index in [4.69, 9.17) is 69.1 Å². The summed E-state index contributed by atoms with van der Waals surface area (Å²) in [5.74, 6) is 1.27. The van der Waals surface area contributed by atoms with Crippen LogP contribution in [-0.2, 0) is 0 Å². The molecule has 0 N–H and O–H groups in total. The number of aromatic nitrogens is 9. The monoisotopic (exact) mass is 1830 g/mol. The van der Waals surface area contributed by atoms with E-state index >= 15 is 0 Å². The van der Waals surface area contributed by atoms with Gasteiger partial charge in [0.2, 0.25) is 5.71 Å². The molecule has 0 saturated heterocycles. The molecule has 0 radical (unpaired) electrons. The summed E-state index contributed by atoms with van der Waals surface area (Å²) in [5, 5.41) is 34.3. The lowest BCUT2D eigenvalue weighted by Crippen LogP contribution is -2.00. The van der Waals surface area contributed by atoms with E-state index in [0.29, 0.717) is 44.0 Å². The fraction of sp³-hybridized carbons (Fsp3) is 0. The minimum absolute atomic E-state index is 0.303. The highest BCUT2D eigenvalue weighted by Crippen LogP contribution is 2.55. The van der Waals surface area contributed by atoms with Crippen molar-refractivity contribution in [2.24, 2.45) is 0 Å². The first-order valence-corrected chi connectivity index (χ1v) is 48.6. The highest BCUT2D eigenvalue weighted by atomic mass is 35.5. The molecule has 0 aliphatic heterocycles. The van der Waals surface area contributed by atoms with E-state index in [1.807, 2.05) is 76.5 Å². The summed E-state index contributed by atoms with van der Waals surface area (Å²) in [7, 11) is 0. The predicted molar refractivity (Wildman–Crippen MR) is 566 cm³/mol. The number of hydrogen-bond acceptors (Lipinski definition) is 12. The fourth-order valence-corrected chi connectivity index (χ4v) is 27.6. The fourth-order valence-electron chi connectivity index (χ4n) is 21.0. The van der Waals surface area contributed by atoms with Gasteiger partial charge in [-0.3, -0.25) is 9.13 Å². The summed E-state index contributed by atoms with van der Waals surface area (Å²) in [6, 6.07) is 125. The number of benzene rings is 19. The van der Waals surface area contributed by atoms with Gasteiger partial charge >= 0.3 is 0 Å². The van der Waals surface area contributed by atoms with Crippen LogP contribution >= 0.6 is 91.5 Å². The average molecular weight is 1840 g/mol. The van der Waals surface area contributed by atoms with E-state index in [1.165, 1.54) is 163 Å². The van der Waals surface area contributed by atoms with Gasteiger partial charge in [-0.1, -0.05) is 296 Å². The third-order valence-electron chi connectivity index (χ3n) is 26.6. The van der Waals surface area contributed by atoms with Crippen LogP contribution in [0, 0.1) is 0 Å². The molecule has 0 saturated carbocycles. The largest absolute Gasteiger partial charge is 0.436 e. The van der Waals surface area contributed by atoms with Crippen LogP contribution in [0.25, 0.3) is 282 Å². The lowest BCUT2D eigenvalue weighted by atomic mass is 9.98. The number of halogens is 3. The number of nitrogens with zero attached hydrogens (tertiary/aromatic N) is 9. The molecule has 0 atom stereocenters. The van der Waals surface area contributed by atoms with Gasteiger partial charge in [0.25, 0.3) is 0 Å². The van der Waals surface area contributed by atoms with Crippen LogP contribution in [0.5, 0.6) is 0 Å². The number of thiophene rings is 5. The summed E-state index contributed by atoms with van der Waals surface area (Å²) in [6.07, 6.45) is 0. The van der Waals surface area contributed by atoms with E-state index in [9.17, 15) is 0 Å². The second kappa shape index (κ2) is 28.6. The van der Waals surface area contributed by atoms with Crippen LogP contribution in [0.1, 0.15) is 0 Å². The standard InChI is InChI=1S/C42H22ClN3S2.C36H18ClN3OS.C36H18ClN3S2/c43-41-37(45-42-38(44-41)30-14-6-8-16-33(30)48-42)23-17-19-26(20-18-23)46-32-15-7-5-13-29(32)35-27-11-3-4-12-28(27)36-31-21-24-9-1-2-10-25(24)22-34(31)47-40(36)39(35)46;37-34-35(38-31-24-14-6-8-16-27(24)41-36(31)39-34)40-26-15-7-5-13-23(26)29-21-11-3-4-12-22(21)30-25-17-19-9-1-2-10-20(19)18-28(25)42-33(30)32(29)40;37-34-35(39-36-31(38-34)24-14-6-8-16-27(24)42-36)40-26-15-7-5-13-23(26)29-21-11-3-4-12-22(21)30-25-17-19-9-1-2-10-20(19)18-28(25)41-33(30)32(29)40/h1-22H;2*1-18H. The van der Waals surface area contributed by atoms with Crippen molar-refractivity contribution in [1.82, 2.24) is 43.6 Å². The van der Waals surface area contributed by atoms with Gasteiger partial charge in [-0.15, -0.1) is 56.7 Å². The van der Waals surface area contributed by atoms with Crippen LogP contribution in [0.2, 0.25) is 15.5 Å². The van der Waals surface area contributed by atoms with E-state index in [-0.39, 0.29) is 0 Å². The Morgan fingerprint density at radius 2 is 0.568 bits per heavy atom. The zero-order valence-corrected chi connectivity index (χ0v) is 75.4. The van der Waals surface area contributed by atoms with E-state index < -0.39 is 0 Å². The lowest BCUT2D eigenvalue weighted by Gasteiger charge is -2.11. The molecule has 0 fully saturated rings. The molecule has 0 aliphatic carbocycles. The number of rotatable bonds is 4. The highest BCUT2D eigenvalue weighted by molar-refractivity contribution is 7.28. The van der Waals surface area contributed by atoms with Crippen LogP contribution in [-0.4, -0.2) is 43.6 Å². The molecule has 12 heterocycles. The van der Waals surface area contributed by atoms with Crippen molar-refractivity contribution in [2.45, 2.75) is 0 Å². The van der Waals surface area contributed by atoms with E-state index in [1.54, 1.807) is 22.7 Å². The maximum Gasteiger partial charge on any atom is 0.247 e. The van der Waals surface area contributed by atoms with Crippen molar-refractivity contribution in [3.8, 4) is 28.6 Å². The first-order valence-electron chi connectivity index (χ1n) is 43.4. The molecule has 10 nitrogen and oxygen atoms in total. The SMILES string of the molecule is Clc1nc2c(nc1-c1ccc(-n3c4ccccc4c4c5ccccc5c5c6cc7ccccc7cc6sc5c43)cc1)sc1ccccc12.Clc1nc2c(nc1-n1c3ccccc3c3c4ccccc4c4c5cc6ccccc6cc5sc4c31)sc1ccccc12.Clc1nc2oc3ccccc3c2nc1-n1c2ccccc2c2c3ccccc3c3c4cc5ccccc5cc4sc3c21. The van der Waals surface area contributed by atoms with E-state index in [2.05, 4.69) is 323 Å². The molecule has 12 aromatic heterocycles. The average Bonchev–Trinajstić information content (AvgIpc) is 1.52. The van der Waals surface area contributed by atoms with Crippen LogP contribution in [0.15, 0.2) is 356 Å². The Hall–Kier alpha value is -14.9. The van der Waals surface area contributed by atoms with Gasteiger partial charge in [-0.2, -0.15) is 4.98 Å². The van der Waals surface area contributed by atoms with Crippen molar-refractivity contribution in [1.29, 1.82) is 0 Å². The third-order valence-corrected chi connectivity index (χ3v) is 33.0. The second-order valence-electron chi connectivity index (χ2n) is 33.7. The molecule has 616 valence electrons. The predicted octanol–water partition coefficient (Wildman–Crippen LogP) is 35.0. The van der Waals surface area contributed by atoms with Gasteiger partial charge in [0.1, 0.15) is 37.5 Å². The summed E-state index contributed by atoms with van der Waals surface area (Å²) < 4.78 is 22.8. The van der Waals surface area contributed by atoms with Crippen LogP contribution in [0.3, 0.4) is 0 Å². The molecule has 19 aromatic carbocycles. The molecular weight excluding hydrogens is 1780 g/mol. The Morgan fingerprint density at radius 3 is 1.02 bits per heavy atom. The minimum Gasteiger partial charge on any atom is -0.436 e. The lowest BCUT2D eigenvalue weighted by molar-refractivity contribution is 0.652. The Bertz CT molecular complexity index is 10600. The Morgan fingerprint density at radius 1 is 0.235 bits per heavy atom. The Balaban J connectivity index is 0.0000000973. The molecule has 0 spiro atoms. The van der Waals surface area contributed by atoms with Crippen molar-refractivity contribution < 1.29 is 4.42 Å². The van der Waals surface area contributed by atoms with Crippen molar-refractivity contribution in [3.63, 3.8) is 0 Å². The first-order chi connectivity index (χ1) is 65.2. The van der Waals surface area contributed by atoms with Gasteiger partial charge in [-0.25, -0.2) is 24.9 Å². The number of fused-ring (bicyclic) bond motifs is 42. The van der Waals surface area contributed by atoms with Gasteiger partial charge in [0.05, 0.1) is 47.2 Å². The normalized spacial score (nSPS) is 12.4. The molecular formula is C114H58Cl3N9OS5. The minimum atomic E-state index is 0.303. The molecule has 0 bridgehead atoms. The zero-order chi connectivity index (χ0) is 86.6. The molecule has 0 unspecified atom stereocenters. The van der Waals surface area contributed by atoms with Crippen LogP contribution in [0.4, 0.5) is 0 Å². The maximum atomic E-state index is 7.09. The quantitative estimate of drug-likeness (QED) is 0.173. The second-order valence-corrected chi connectivity index (χ2v) is 40.0. The number of furan rings is 1. The van der Waals surface area contributed by atoms with Crippen LogP contribution < -0.4 is 0 Å². The summed E-state index contributed by atoms with van der Waals surface area (Å²) in [6.45, 7) is 0. The highest BCUT2D eigenvalue weighted by Gasteiger charge is 2.30. The Kier molecular flexibility index (Phi) is 16.2. The molecule has 31 rings (SSSR count). The zero-order valence-electron chi connectivity index (χ0n) is 69.1. The topological polar surface area (TPSA) is 105 Å². The van der Waals surface area contributed by atoms with Gasteiger partial charge in [-0.05, 0) is 156 Å². The van der Waals surface area contributed by atoms with Crippen molar-refractivity contribution in [2.75, 3.05) is 0 Å². The van der Waals surface area contributed by atoms with Gasteiger partial charge in [0.15, 0.2) is 27.1 Å². The third kappa shape index (κ3) is 10.9. The first kappa shape index (κ1) is 75.0. The molecule has 18 heteroatoms. The number of para-hydroxylation sites is 4. The maximum absolute atomic E-state index is 7.09. The van der Waals surface area contributed by atoms with E-state index in [0.717, 1.165) is 90.5 Å². The molecule has 0 amide bonds. The van der Waals surface area contributed by atoms with Crippen molar-refractivity contribution >= 4 is 345 Å².